The van der Waals surface area contributed by atoms with Gasteiger partial charge in [-0.2, -0.15) is 0 Å². The van der Waals surface area contributed by atoms with E-state index in [9.17, 15) is 0 Å². The largest absolute Gasteiger partial charge is 0.310 e. The van der Waals surface area contributed by atoms with Gasteiger partial charge in [0, 0.05) is 33.5 Å². The van der Waals surface area contributed by atoms with E-state index in [4.69, 9.17) is 0 Å². The highest BCUT2D eigenvalue weighted by Crippen LogP contribution is 2.50. The quantitative estimate of drug-likeness (QED) is 0.127. The predicted octanol–water partition coefficient (Wildman–Crippen LogP) is 18.9. The van der Waals surface area contributed by atoms with Gasteiger partial charge in [0.15, 0.2) is 0 Å². The van der Waals surface area contributed by atoms with Crippen LogP contribution in [0.4, 0.5) is 34.1 Å². The van der Waals surface area contributed by atoms with Crippen LogP contribution >= 0.6 is 0 Å². The molecule has 0 unspecified atom stereocenters. The van der Waals surface area contributed by atoms with Gasteiger partial charge in [0.25, 0.3) is 0 Å². The Bertz CT molecular complexity index is 2970. The van der Waals surface area contributed by atoms with Crippen molar-refractivity contribution in [1.29, 1.82) is 0 Å². The molecule has 0 saturated carbocycles. The molecule has 64 heavy (non-hydrogen) atoms. The van der Waals surface area contributed by atoms with Gasteiger partial charge >= 0.3 is 0 Å². The molecule has 0 N–H and O–H groups in total. The second-order valence-electron chi connectivity index (χ2n) is 18.9. The van der Waals surface area contributed by atoms with E-state index < -0.39 is 0 Å². The van der Waals surface area contributed by atoms with Gasteiger partial charge in [0.2, 0.25) is 0 Å². The molecule has 0 amide bonds. The Labute approximate surface area is 379 Å². The van der Waals surface area contributed by atoms with Crippen molar-refractivity contribution in [1.82, 2.24) is 0 Å². The molecule has 2 nitrogen and oxygen atoms in total. The maximum Gasteiger partial charge on any atom is 0.0546 e. The second kappa shape index (κ2) is 16.7. The summed E-state index contributed by atoms with van der Waals surface area (Å²) in [6.45, 7) is 18.1. The SMILES string of the molecule is CC(C)c1ccc(N(c2ccc(C(C)C)cc2)c2cc3c4ccccc4c4cc(N(c5ccc(C(C)C)cc5)c5ccc(C(C)C)cc5)c5ccccc5c4c3c3ccccc23)cc1. The molecule has 0 aliphatic rings. The average molecular weight is 831 g/mol. The molecule has 0 spiro atoms. The fraction of sp³-hybridized carbons (Fsp3) is 0.194. The maximum absolute atomic E-state index is 2.48. The van der Waals surface area contributed by atoms with E-state index in [1.54, 1.807) is 0 Å². The molecule has 10 aromatic rings. The van der Waals surface area contributed by atoms with Crippen LogP contribution in [0.1, 0.15) is 101 Å². The van der Waals surface area contributed by atoms with E-state index in [0.717, 1.165) is 22.7 Å². The minimum Gasteiger partial charge on any atom is -0.310 e. The predicted molar refractivity (Wildman–Crippen MR) is 280 cm³/mol. The summed E-state index contributed by atoms with van der Waals surface area (Å²) >= 11 is 0. The lowest BCUT2D eigenvalue weighted by Crippen LogP contribution is -2.11. The molecule has 0 aromatic heterocycles. The number of benzene rings is 10. The first kappa shape index (κ1) is 41.1. The van der Waals surface area contributed by atoms with Gasteiger partial charge in [-0.05, 0) is 150 Å². The Kier molecular flexibility index (Phi) is 10.7. The summed E-state index contributed by atoms with van der Waals surface area (Å²) in [5.74, 6) is 1.80. The number of hydrogen-bond acceptors (Lipinski definition) is 2. The number of nitrogens with zero attached hydrogens (tertiary/aromatic N) is 2. The van der Waals surface area contributed by atoms with Gasteiger partial charge in [-0.15, -0.1) is 0 Å². The van der Waals surface area contributed by atoms with E-state index in [-0.39, 0.29) is 0 Å². The van der Waals surface area contributed by atoms with Crippen LogP contribution in [0.25, 0.3) is 53.9 Å². The highest BCUT2D eigenvalue weighted by atomic mass is 15.1. The molecule has 0 aliphatic carbocycles. The van der Waals surface area contributed by atoms with E-state index in [1.807, 2.05) is 0 Å². The van der Waals surface area contributed by atoms with Crippen LogP contribution in [-0.4, -0.2) is 0 Å². The zero-order valence-corrected chi connectivity index (χ0v) is 38.5. The number of anilines is 6. The molecule has 0 fully saturated rings. The van der Waals surface area contributed by atoms with Crippen molar-refractivity contribution < 1.29 is 0 Å². The van der Waals surface area contributed by atoms with Gasteiger partial charge in [-0.1, -0.05) is 177 Å². The molecule has 316 valence electrons. The summed E-state index contributed by atoms with van der Waals surface area (Å²) < 4.78 is 0. The van der Waals surface area contributed by atoms with E-state index >= 15 is 0 Å². The third-order valence-corrected chi connectivity index (χ3v) is 13.6. The summed E-state index contributed by atoms with van der Waals surface area (Å²) in [5, 5.41) is 12.5. The van der Waals surface area contributed by atoms with E-state index in [1.165, 1.54) is 87.5 Å². The van der Waals surface area contributed by atoms with Crippen molar-refractivity contribution in [3.63, 3.8) is 0 Å². The third kappa shape index (κ3) is 7.16. The lowest BCUT2D eigenvalue weighted by Gasteiger charge is -2.30. The molecule has 0 heterocycles. The van der Waals surface area contributed by atoms with Crippen molar-refractivity contribution in [2.75, 3.05) is 9.80 Å². The summed E-state index contributed by atoms with van der Waals surface area (Å²) in [6.07, 6.45) is 0. The molecule has 10 aromatic carbocycles. The van der Waals surface area contributed by atoms with Crippen LogP contribution in [0.15, 0.2) is 182 Å². The Morgan fingerprint density at radius 3 is 0.734 bits per heavy atom. The lowest BCUT2D eigenvalue weighted by atomic mass is 9.87. The number of hydrogen-bond donors (Lipinski definition) is 0. The number of rotatable bonds is 10. The van der Waals surface area contributed by atoms with Crippen LogP contribution in [0.2, 0.25) is 0 Å². The number of fused-ring (bicyclic) bond motifs is 10. The normalized spacial score (nSPS) is 12.0. The Hall–Kier alpha value is -6.90. The summed E-state index contributed by atoms with van der Waals surface area (Å²) in [7, 11) is 0. The second-order valence-corrected chi connectivity index (χ2v) is 18.9. The zero-order chi connectivity index (χ0) is 44.2. The fourth-order valence-electron chi connectivity index (χ4n) is 9.89. The van der Waals surface area contributed by atoms with Crippen molar-refractivity contribution >= 4 is 88.0 Å². The minimum absolute atomic E-state index is 0.451. The summed E-state index contributed by atoms with van der Waals surface area (Å²) in [4.78, 5) is 4.95. The summed E-state index contributed by atoms with van der Waals surface area (Å²) in [5.41, 5.74) is 12.3. The first-order valence-electron chi connectivity index (χ1n) is 23.3. The molecule has 0 saturated heterocycles. The highest BCUT2D eigenvalue weighted by Gasteiger charge is 2.24. The standard InChI is InChI=1S/C62H58N2/c1-39(2)43-21-29-47(30-22-43)63(48-31-23-44(24-32-48)40(3)4)59-37-57-51-15-9-10-16-52(51)58-38-60(54-18-12-14-20-56(54)62(58)61(57)55-19-13-11-17-53(55)59)64(49-33-25-45(26-34-49)41(5)6)50-35-27-46(28-36-50)42(7)8/h9-42H,1-8H3. The van der Waals surface area contributed by atoms with Gasteiger partial charge in [-0.3, -0.25) is 0 Å². The van der Waals surface area contributed by atoms with Crippen LogP contribution < -0.4 is 9.80 Å². The first-order valence-corrected chi connectivity index (χ1v) is 23.3. The van der Waals surface area contributed by atoms with Crippen molar-refractivity contribution in [3.8, 4) is 0 Å². The molecule has 2 heteroatoms. The van der Waals surface area contributed by atoms with Crippen molar-refractivity contribution in [2.24, 2.45) is 0 Å². The monoisotopic (exact) mass is 830 g/mol. The average Bonchev–Trinajstić information content (AvgIpc) is 3.32. The fourth-order valence-corrected chi connectivity index (χ4v) is 9.89. The molecule has 0 bridgehead atoms. The third-order valence-electron chi connectivity index (χ3n) is 13.6. The van der Waals surface area contributed by atoms with Gasteiger partial charge in [-0.25, -0.2) is 0 Å². The molecule has 0 radical (unpaired) electrons. The van der Waals surface area contributed by atoms with Gasteiger partial charge in [0.1, 0.15) is 0 Å². The van der Waals surface area contributed by atoms with Crippen molar-refractivity contribution in [2.45, 2.75) is 79.1 Å². The van der Waals surface area contributed by atoms with Crippen molar-refractivity contribution in [3.05, 3.63) is 204 Å². The topological polar surface area (TPSA) is 6.48 Å². The molecular formula is C62H58N2. The molecular weight excluding hydrogens is 773 g/mol. The van der Waals surface area contributed by atoms with Crippen LogP contribution in [0.5, 0.6) is 0 Å². The van der Waals surface area contributed by atoms with Gasteiger partial charge in [0.05, 0.1) is 11.4 Å². The van der Waals surface area contributed by atoms with Gasteiger partial charge < -0.3 is 9.80 Å². The van der Waals surface area contributed by atoms with E-state index in [2.05, 4.69) is 247 Å². The van der Waals surface area contributed by atoms with Crippen LogP contribution in [0, 0.1) is 0 Å². The molecule has 0 aliphatic heterocycles. The van der Waals surface area contributed by atoms with Crippen LogP contribution in [-0.2, 0) is 0 Å². The maximum atomic E-state index is 2.48. The smallest absolute Gasteiger partial charge is 0.0546 e. The molecule has 10 rings (SSSR count). The minimum atomic E-state index is 0.451. The van der Waals surface area contributed by atoms with E-state index in [0.29, 0.717) is 23.7 Å². The summed E-state index contributed by atoms with van der Waals surface area (Å²) in [6, 6.07) is 69.0. The first-order chi connectivity index (χ1) is 31.1. The Morgan fingerprint density at radius 2 is 0.484 bits per heavy atom. The highest BCUT2D eigenvalue weighted by molar-refractivity contribution is 6.38. The van der Waals surface area contributed by atoms with Crippen LogP contribution in [0.3, 0.4) is 0 Å². The molecule has 0 atom stereocenters. The Morgan fingerprint density at radius 1 is 0.250 bits per heavy atom. The lowest BCUT2D eigenvalue weighted by molar-refractivity contribution is 0.866. The Balaban J connectivity index is 1.30. The zero-order valence-electron chi connectivity index (χ0n) is 38.5.